The van der Waals surface area contributed by atoms with Crippen LogP contribution in [0.3, 0.4) is 0 Å². The van der Waals surface area contributed by atoms with E-state index >= 15 is 0 Å². The Labute approximate surface area is 200 Å². The molecule has 4 rings (SSSR count). The second kappa shape index (κ2) is 10.9. The maximum Gasteiger partial charge on any atom is 0.220 e. The maximum atomic E-state index is 12.1. The number of aromatic nitrogens is 1. The van der Waals surface area contributed by atoms with Crippen molar-refractivity contribution in [2.24, 2.45) is 0 Å². The van der Waals surface area contributed by atoms with Gasteiger partial charge in [-0.3, -0.25) is 9.69 Å². The summed E-state index contributed by atoms with van der Waals surface area (Å²) in [4.78, 5) is 22.7. The van der Waals surface area contributed by atoms with Gasteiger partial charge in [0, 0.05) is 66.4 Å². The SMILES string of the molecule is O=C(CCSc1ccc(Cl)cc1)NCCN1CCN(c2nc3ccc(Cl)cc3s2)CC1. The number of carbonyl (C=O) groups excluding carboxylic acids is 1. The van der Waals surface area contributed by atoms with Gasteiger partial charge in [-0.1, -0.05) is 34.5 Å². The number of rotatable bonds is 8. The number of amides is 1. The van der Waals surface area contributed by atoms with Crippen molar-refractivity contribution in [1.82, 2.24) is 15.2 Å². The monoisotopic (exact) mass is 494 g/mol. The number of piperazine rings is 1. The van der Waals surface area contributed by atoms with E-state index in [9.17, 15) is 4.79 Å². The molecule has 0 aliphatic carbocycles. The van der Waals surface area contributed by atoms with Gasteiger partial charge in [-0.05, 0) is 42.5 Å². The number of hydrogen-bond acceptors (Lipinski definition) is 6. The molecule has 0 unspecified atom stereocenters. The van der Waals surface area contributed by atoms with Gasteiger partial charge < -0.3 is 10.2 Å². The molecule has 1 aromatic heterocycles. The lowest BCUT2D eigenvalue weighted by Gasteiger charge is -2.34. The van der Waals surface area contributed by atoms with Crippen LogP contribution >= 0.6 is 46.3 Å². The van der Waals surface area contributed by atoms with E-state index in [-0.39, 0.29) is 5.91 Å². The van der Waals surface area contributed by atoms with E-state index in [1.807, 2.05) is 42.5 Å². The number of fused-ring (bicyclic) bond motifs is 1. The van der Waals surface area contributed by atoms with E-state index in [1.54, 1.807) is 23.1 Å². The highest BCUT2D eigenvalue weighted by molar-refractivity contribution is 7.99. The first-order valence-electron chi connectivity index (χ1n) is 10.3. The van der Waals surface area contributed by atoms with Gasteiger partial charge in [-0.15, -0.1) is 11.8 Å². The third-order valence-corrected chi connectivity index (χ3v) is 7.72. The molecular formula is C22H24Cl2N4OS2. The highest BCUT2D eigenvalue weighted by Crippen LogP contribution is 2.31. The zero-order valence-corrected chi connectivity index (χ0v) is 20.2. The Kier molecular flexibility index (Phi) is 7.96. The Morgan fingerprint density at radius 2 is 1.81 bits per heavy atom. The fourth-order valence-electron chi connectivity index (χ4n) is 3.42. The van der Waals surface area contributed by atoms with Crippen LogP contribution in [0.5, 0.6) is 0 Å². The van der Waals surface area contributed by atoms with Gasteiger partial charge in [0.1, 0.15) is 0 Å². The molecule has 1 N–H and O–H groups in total. The second-order valence-electron chi connectivity index (χ2n) is 7.34. The van der Waals surface area contributed by atoms with Crippen molar-refractivity contribution in [1.29, 1.82) is 0 Å². The summed E-state index contributed by atoms with van der Waals surface area (Å²) in [6.45, 7) is 5.39. The summed E-state index contributed by atoms with van der Waals surface area (Å²) >= 11 is 15.3. The number of anilines is 1. The minimum Gasteiger partial charge on any atom is -0.355 e. The third kappa shape index (κ3) is 6.49. The van der Waals surface area contributed by atoms with Gasteiger partial charge in [-0.25, -0.2) is 4.98 Å². The molecule has 1 saturated heterocycles. The minimum atomic E-state index is 0.105. The van der Waals surface area contributed by atoms with Gasteiger partial charge >= 0.3 is 0 Å². The summed E-state index contributed by atoms with van der Waals surface area (Å²) in [5.74, 6) is 0.868. The Morgan fingerprint density at radius 3 is 2.58 bits per heavy atom. The average molecular weight is 496 g/mol. The maximum absolute atomic E-state index is 12.1. The molecule has 1 aliphatic rings. The molecule has 0 bridgehead atoms. The Morgan fingerprint density at radius 1 is 1.06 bits per heavy atom. The lowest BCUT2D eigenvalue weighted by Crippen LogP contribution is -2.48. The summed E-state index contributed by atoms with van der Waals surface area (Å²) in [6, 6.07) is 13.5. The van der Waals surface area contributed by atoms with Crippen LogP contribution in [-0.2, 0) is 4.79 Å². The van der Waals surface area contributed by atoms with Crippen LogP contribution in [0, 0.1) is 0 Å². The van der Waals surface area contributed by atoms with E-state index < -0.39 is 0 Å². The van der Waals surface area contributed by atoms with Gasteiger partial charge in [0.15, 0.2) is 5.13 Å². The van der Waals surface area contributed by atoms with E-state index in [2.05, 4.69) is 15.1 Å². The van der Waals surface area contributed by atoms with Crippen molar-refractivity contribution in [3.05, 3.63) is 52.5 Å². The van der Waals surface area contributed by atoms with Crippen molar-refractivity contribution in [2.45, 2.75) is 11.3 Å². The molecule has 1 aliphatic heterocycles. The van der Waals surface area contributed by atoms with Crippen molar-refractivity contribution >= 4 is 67.6 Å². The standard InChI is InChI=1S/C22H24Cl2N4OS2/c23-16-1-4-18(5-2-16)30-14-7-21(29)25-8-9-27-10-12-28(13-11-27)22-26-19-6-3-17(24)15-20(19)31-22/h1-6,15H,7-14H2,(H,25,29). The molecule has 2 heterocycles. The Balaban J connectivity index is 1.13. The topological polar surface area (TPSA) is 48.5 Å². The molecule has 0 saturated carbocycles. The normalized spacial score (nSPS) is 14.8. The summed E-state index contributed by atoms with van der Waals surface area (Å²) in [5, 5.41) is 5.58. The first kappa shape index (κ1) is 22.7. The van der Waals surface area contributed by atoms with Crippen LogP contribution < -0.4 is 10.2 Å². The van der Waals surface area contributed by atoms with Crippen LogP contribution in [0.2, 0.25) is 10.0 Å². The summed E-state index contributed by atoms with van der Waals surface area (Å²) < 4.78 is 1.13. The lowest BCUT2D eigenvalue weighted by molar-refractivity contribution is -0.120. The molecule has 5 nitrogen and oxygen atoms in total. The van der Waals surface area contributed by atoms with Crippen LogP contribution in [0.4, 0.5) is 5.13 Å². The molecular weight excluding hydrogens is 471 g/mol. The molecule has 3 aromatic rings. The fourth-order valence-corrected chi connectivity index (χ4v) is 5.69. The highest BCUT2D eigenvalue weighted by atomic mass is 35.5. The number of halogens is 2. The summed E-state index contributed by atoms with van der Waals surface area (Å²) in [6.07, 6.45) is 0.517. The quantitative estimate of drug-likeness (QED) is 0.445. The molecule has 0 atom stereocenters. The number of nitrogens with one attached hydrogen (secondary N) is 1. The van der Waals surface area contributed by atoms with Crippen molar-refractivity contribution in [3.63, 3.8) is 0 Å². The summed E-state index contributed by atoms with van der Waals surface area (Å²) in [7, 11) is 0. The number of nitrogens with zero attached hydrogens (tertiary/aromatic N) is 3. The molecule has 0 radical (unpaired) electrons. The van der Waals surface area contributed by atoms with Crippen molar-refractivity contribution < 1.29 is 4.79 Å². The largest absolute Gasteiger partial charge is 0.355 e. The van der Waals surface area contributed by atoms with Gasteiger partial charge in [-0.2, -0.15) is 0 Å². The molecule has 1 amide bonds. The van der Waals surface area contributed by atoms with Gasteiger partial charge in [0.25, 0.3) is 0 Å². The fraction of sp³-hybridized carbons (Fsp3) is 0.364. The van der Waals surface area contributed by atoms with Gasteiger partial charge in [0.05, 0.1) is 10.2 Å². The molecule has 31 heavy (non-hydrogen) atoms. The predicted molar refractivity (Wildman–Crippen MR) is 133 cm³/mol. The van der Waals surface area contributed by atoms with Crippen LogP contribution in [-0.4, -0.2) is 60.8 Å². The number of thioether (sulfide) groups is 1. The average Bonchev–Trinajstić information content (AvgIpc) is 3.19. The number of benzene rings is 2. The number of thiazole rings is 1. The molecule has 2 aromatic carbocycles. The van der Waals surface area contributed by atoms with Gasteiger partial charge in [0.2, 0.25) is 5.91 Å². The Bertz CT molecular complexity index is 1020. The Hall–Kier alpha value is -1.51. The number of hydrogen-bond donors (Lipinski definition) is 1. The predicted octanol–water partition coefficient (Wildman–Crippen LogP) is 5.02. The highest BCUT2D eigenvalue weighted by Gasteiger charge is 2.19. The van der Waals surface area contributed by atoms with Crippen LogP contribution in [0.1, 0.15) is 6.42 Å². The van der Waals surface area contributed by atoms with E-state index in [1.165, 1.54) is 0 Å². The minimum absolute atomic E-state index is 0.105. The van der Waals surface area contributed by atoms with E-state index in [0.717, 1.165) is 68.8 Å². The smallest absolute Gasteiger partial charge is 0.220 e. The van der Waals surface area contributed by atoms with Crippen LogP contribution in [0.15, 0.2) is 47.4 Å². The molecule has 9 heteroatoms. The molecule has 1 fully saturated rings. The number of carbonyl (C=O) groups is 1. The zero-order chi connectivity index (χ0) is 21.6. The molecule has 0 spiro atoms. The first-order chi connectivity index (χ1) is 15.1. The van der Waals surface area contributed by atoms with Crippen LogP contribution in [0.25, 0.3) is 10.2 Å². The summed E-state index contributed by atoms with van der Waals surface area (Å²) in [5.41, 5.74) is 1.00. The van der Waals surface area contributed by atoms with E-state index in [0.29, 0.717) is 13.0 Å². The lowest BCUT2D eigenvalue weighted by atomic mass is 10.3. The third-order valence-electron chi connectivity index (χ3n) is 5.14. The van der Waals surface area contributed by atoms with E-state index in [4.69, 9.17) is 28.2 Å². The second-order valence-corrected chi connectivity index (χ2v) is 10.4. The van der Waals surface area contributed by atoms with Crippen molar-refractivity contribution in [2.75, 3.05) is 49.9 Å². The first-order valence-corrected chi connectivity index (χ1v) is 12.8. The molecule has 164 valence electrons. The zero-order valence-electron chi connectivity index (χ0n) is 17.0. The van der Waals surface area contributed by atoms with Crippen molar-refractivity contribution in [3.8, 4) is 0 Å².